The van der Waals surface area contributed by atoms with Gasteiger partial charge in [0.1, 0.15) is 0 Å². The molecule has 1 heterocycles. The third kappa shape index (κ3) is 7.07. The molecule has 0 aliphatic heterocycles. The quantitative estimate of drug-likeness (QED) is 0.721. The van der Waals surface area contributed by atoms with Crippen LogP contribution in [0.5, 0.6) is 0 Å². The van der Waals surface area contributed by atoms with Crippen LogP contribution in [0.2, 0.25) is 0 Å². The van der Waals surface area contributed by atoms with Crippen molar-refractivity contribution < 1.29 is 33.4 Å². The van der Waals surface area contributed by atoms with Gasteiger partial charge in [0.05, 0.1) is 0 Å². The van der Waals surface area contributed by atoms with E-state index in [0.29, 0.717) is 5.92 Å². The monoisotopic (exact) mass is 342 g/mol. The van der Waals surface area contributed by atoms with Crippen LogP contribution in [-0.4, -0.2) is 14.0 Å². The number of hydrogen-bond donors (Lipinski definition) is 3. The van der Waals surface area contributed by atoms with Crippen LogP contribution in [0.3, 0.4) is 0 Å². The van der Waals surface area contributed by atoms with Gasteiger partial charge in [-0.05, 0) is 31.0 Å². The van der Waals surface area contributed by atoms with Crippen LogP contribution in [0, 0.1) is 31.0 Å². The van der Waals surface area contributed by atoms with Crippen LogP contribution in [-0.2, 0) is 6.54 Å². The molecule has 128 valence electrons. The first-order valence-corrected chi connectivity index (χ1v) is 8.59. The first-order valence-electron chi connectivity index (χ1n) is 7.27. The van der Waals surface area contributed by atoms with E-state index in [2.05, 4.69) is 74.9 Å². The SMILES string of the molecule is Cc1ccccc1C(C)C[n+]1cccc(C)c1C.[O-][Cl+](O)(O)O. The summed E-state index contributed by atoms with van der Waals surface area (Å²) in [5.41, 5.74) is 5.55. The molecule has 2 rings (SSSR count). The molecule has 1 aromatic carbocycles. The Balaban J connectivity index is 0.000000463. The Morgan fingerprint density at radius 1 is 1.00 bits per heavy atom. The molecule has 0 aliphatic rings. The molecule has 2 aromatic rings. The van der Waals surface area contributed by atoms with Gasteiger partial charge in [-0.1, -0.05) is 31.2 Å². The Kier molecular flexibility index (Phi) is 7.12. The number of rotatable bonds is 3. The summed E-state index contributed by atoms with van der Waals surface area (Å²) in [5, 5.41) is 0. The maximum absolute atomic E-state index is 8.83. The molecule has 0 radical (unpaired) electrons. The molecule has 1 unspecified atom stereocenters. The van der Waals surface area contributed by atoms with Gasteiger partial charge in [0, 0.05) is 24.5 Å². The third-order valence-corrected chi connectivity index (χ3v) is 3.80. The fourth-order valence-electron chi connectivity index (χ4n) is 2.48. The van der Waals surface area contributed by atoms with Crippen molar-refractivity contribution in [3.8, 4) is 0 Å². The summed E-state index contributed by atoms with van der Waals surface area (Å²) in [4.78, 5) is 0. The molecule has 0 aliphatic carbocycles. The number of nitrogens with zero attached hydrogens (tertiary/aromatic N) is 1. The Labute approximate surface area is 139 Å². The molecular formula is C17H25ClNO4+. The molecule has 0 fully saturated rings. The van der Waals surface area contributed by atoms with Gasteiger partial charge in [0.15, 0.2) is 18.4 Å². The zero-order valence-electron chi connectivity index (χ0n) is 13.9. The second-order valence-electron chi connectivity index (χ2n) is 5.62. The Morgan fingerprint density at radius 3 is 2.09 bits per heavy atom. The Hall–Kier alpha value is -1.50. The molecule has 23 heavy (non-hydrogen) atoms. The summed E-state index contributed by atoms with van der Waals surface area (Å²) < 4.78 is 32.6. The number of hydrogen-bond acceptors (Lipinski definition) is 4. The van der Waals surface area contributed by atoms with Crippen LogP contribution in [0.4, 0.5) is 0 Å². The van der Waals surface area contributed by atoms with Crippen LogP contribution in [0.25, 0.3) is 0 Å². The standard InChI is InChI=1S/C17H22N.ClH3O4/c1-13-9-7-11-18(16(13)4)12-15(3)17-10-6-5-8-14(17)2;2-1(3,4)5/h5-11,15H,12H2,1-4H3;2-4H/q+1;. The van der Waals surface area contributed by atoms with Gasteiger partial charge in [-0.3, -0.25) is 0 Å². The third-order valence-electron chi connectivity index (χ3n) is 3.80. The molecular weight excluding hydrogens is 318 g/mol. The molecule has 0 amide bonds. The van der Waals surface area contributed by atoms with Crippen molar-refractivity contribution in [1.82, 2.24) is 0 Å². The predicted molar refractivity (Wildman–Crippen MR) is 82.4 cm³/mol. The molecule has 5 nitrogen and oxygen atoms in total. The summed E-state index contributed by atoms with van der Waals surface area (Å²) in [6.07, 6.45) is 2.18. The van der Waals surface area contributed by atoms with E-state index in [4.69, 9.17) is 18.6 Å². The van der Waals surface area contributed by atoms with Gasteiger partial charge >= 0.3 is 28.9 Å². The minimum absolute atomic E-state index is 0.539. The fourth-order valence-corrected chi connectivity index (χ4v) is 2.48. The number of halogens is 1. The Morgan fingerprint density at radius 2 is 1.52 bits per heavy atom. The summed E-state index contributed by atoms with van der Waals surface area (Å²) in [6.45, 7) is 9.90. The van der Waals surface area contributed by atoms with Crippen molar-refractivity contribution in [1.29, 1.82) is 0 Å². The molecule has 6 heteroatoms. The van der Waals surface area contributed by atoms with Crippen LogP contribution < -0.4 is 9.23 Å². The van der Waals surface area contributed by atoms with E-state index >= 15 is 0 Å². The predicted octanol–water partition coefficient (Wildman–Crippen LogP) is 0.843. The summed E-state index contributed by atoms with van der Waals surface area (Å²) in [6, 6.07) is 13.0. The zero-order valence-corrected chi connectivity index (χ0v) is 14.7. The second kappa shape index (κ2) is 8.38. The average molecular weight is 343 g/mol. The molecule has 1 aromatic heterocycles. The first-order chi connectivity index (χ1) is 10.6. The zero-order chi connectivity index (χ0) is 17.6. The van der Waals surface area contributed by atoms with Gasteiger partial charge in [-0.15, -0.1) is 0 Å². The molecule has 0 saturated carbocycles. The van der Waals surface area contributed by atoms with E-state index in [9.17, 15) is 0 Å². The molecule has 0 spiro atoms. The van der Waals surface area contributed by atoms with Crippen LogP contribution >= 0.6 is 0 Å². The van der Waals surface area contributed by atoms with E-state index in [1.165, 1.54) is 22.4 Å². The number of benzene rings is 1. The van der Waals surface area contributed by atoms with Gasteiger partial charge in [0.25, 0.3) is 0 Å². The van der Waals surface area contributed by atoms with Gasteiger partial charge in [-0.2, -0.15) is 0 Å². The van der Waals surface area contributed by atoms with Crippen molar-refractivity contribution >= 4 is 0 Å². The van der Waals surface area contributed by atoms with E-state index in [1.54, 1.807) is 0 Å². The van der Waals surface area contributed by atoms with E-state index in [-0.39, 0.29) is 0 Å². The van der Waals surface area contributed by atoms with Crippen LogP contribution in [0.15, 0.2) is 42.6 Å². The summed E-state index contributed by atoms with van der Waals surface area (Å²) in [7, 11) is -4.19. The van der Waals surface area contributed by atoms with Crippen LogP contribution in [0.1, 0.15) is 35.2 Å². The Bertz CT molecular complexity index is 635. The number of pyridine rings is 1. The van der Waals surface area contributed by atoms with Crippen molar-refractivity contribution in [2.75, 3.05) is 0 Å². The maximum atomic E-state index is 8.83. The molecule has 0 saturated heterocycles. The van der Waals surface area contributed by atoms with Gasteiger partial charge < -0.3 is 0 Å². The molecule has 1 atom stereocenters. The van der Waals surface area contributed by atoms with E-state index < -0.39 is 10.2 Å². The second-order valence-corrected chi connectivity index (χ2v) is 6.49. The summed E-state index contributed by atoms with van der Waals surface area (Å²) >= 11 is 0. The van der Waals surface area contributed by atoms with Crippen molar-refractivity contribution in [3.63, 3.8) is 0 Å². The molecule has 0 bridgehead atoms. The number of aromatic nitrogens is 1. The van der Waals surface area contributed by atoms with E-state index in [0.717, 1.165) is 6.54 Å². The average Bonchev–Trinajstić information content (AvgIpc) is 2.42. The van der Waals surface area contributed by atoms with Crippen molar-refractivity contribution in [2.45, 2.75) is 40.2 Å². The van der Waals surface area contributed by atoms with Gasteiger partial charge in [0.2, 0.25) is 0 Å². The van der Waals surface area contributed by atoms with E-state index in [1.807, 2.05) is 0 Å². The molecule has 3 N–H and O–H groups in total. The first kappa shape index (κ1) is 19.5. The number of aryl methyl sites for hydroxylation is 2. The summed E-state index contributed by atoms with van der Waals surface area (Å²) in [5.74, 6) is 0.539. The topological polar surface area (TPSA) is 87.6 Å². The fraction of sp³-hybridized carbons (Fsp3) is 0.353. The minimum atomic E-state index is -4.19. The normalized spacial score (nSPS) is 13.0. The van der Waals surface area contributed by atoms with Crippen molar-refractivity contribution in [3.05, 3.63) is 65.0 Å². The van der Waals surface area contributed by atoms with Crippen molar-refractivity contribution in [2.24, 2.45) is 0 Å². The van der Waals surface area contributed by atoms with Gasteiger partial charge in [-0.25, -0.2) is 4.57 Å².